The van der Waals surface area contributed by atoms with Crippen LogP contribution in [-0.2, 0) is 6.61 Å². The Kier molecular flexibility index (Phi) is 5.02. The number of aliphatic hydroxyl groups excluding tert-OH is 1. The summed E-state index contributed by atoms with van der Waals surface area (Å²) >= 11 is 0. The van der Waals surface area contributed by atoms with E-state index in [2.05, 4.69) is 16.8 Å². The van der Waals surface area contributed by atoms with E-state index in [4.69, 9.17) is 0 Å². The number of aliphatic hydroxyl groups is 1. The molecule has 0 saturated carbocycles. The maximum atomic E-state index is 13.1. The maximum absolute atomic E-state index is 13.1. The molecule has 2 aromatic carbocycles. The molecular weight excluding hydrogens is 336 g/mol. The molecule has 0 aliphatic carbocycles. The smallest absolute Gasteiger partial charge is 0.253 e. The summed E-state index contributed by atoms with van der Waals surface area (Å²) in [6, 6.07) is 15.7. The van der Waals surface area contributed by atoms with Crippen LogP contribution < -0.4 is 0 Å². The molecule has 27 heavy (non-hydrogen) atoms. The van der Waals surface area contributed by atoms with Gasteiger partial charge in [0.05, 0.1) is 6.61 Å². The Labute approximate surface area is 161 Å². The first-order chi connectivity index (χ1) is 13.1. The summed E-state index contributed by atoms with van der Waals surface area (Å²) in [5.41, 5.74) is 4.00. The lowest BCUT2D eigenvalue weighted by atomic mass is 9.79. The van der Waals surface area contributed by atoms with Gasteiger partial charge < -0.3 is 14.9 Å². The van der Waals surface area contributed by atoms with Gasteiger partial charge >= 0.3 is 0 Å². The SMILES string of the molecule is CN1CC[C@@]2(CCCN(C(=O)c3ccc(-c4ccccc4CO)cc3)C2)C1. The second-order valence-electron chi connectivity index (χ2n) is 8.21. The fourth-order valence-corrected chi connectivity index (χ4v) is 4.79. The third-order valence-electron chi connectivity index (χ3n) is 6.21. The second kappa shape index (κ2) is 7.45. The molecule has 142 valence electrons. The van der Waals surface area contributed by atoms with Crippen molar-refractivity contribution in [2.45, 2.75) is 25.9 Å². The van der Waals surface area contributed by atoms with Gasteiger partial charge in [-0.3, -0.25) is 4.79 Å². The molecule has 0 aromatic heterocycles. The van der Waals surface area contributed by atoms with E-state index in [1.54, 1.807) is 0 Å². The lowest BCUT2D eigenvalue weighted by molar-refractivity contribution is 0.0534. The summed E-state index contributed by atoms with van der Waals surface area (Å²) in [4.78, 5) is 17.5. The quantitative estimate of drug-likeness (QED) is 0.908. The van der Waals surface area contributed by atoms with Crippen molar-refractivity contribution in [1.82, 2.24) is 9.80 Å². The summed E-state index contributed by atoms with van der Waals surface area (Å²) in [5.74, 6) is 0.144. The number of nitrogens with zero attached hydrogens (tertiary/aromatic N) is 2. The number of rotatable bonds is 3. The van der Waals surface area contributed by atoms with Crippen molar-refractivity contribution in [3.8, 4) is 11.1 Å². The summed E-state index contributed by atoms with van der Waals surface area (Å²) in [6.45, 7) is 4.00. The first-order valence-corrected chi connectivity index (χ1v) is 9.87. The molecule has 1 N–H and O–H groups in total. The Hall–Kier alpha value is -2.17. The van der Waals surface area contributed by atoms with E-state index in [0.717, 1.165) is 54.9 Å². The van der Waals surface area contributed by atoms with E-state index in [0.29, 0.717) is 5.41 Å². The topological polar surface area (TPSA) is 43.8 Å². The Morgan fingerprint density at radius 1 is 1.04 bits per heavy atom. The van der Waals surface area contributed by atoms with E-state index in [1.807, 2.05) is 48.5 Å². The lowest BCUT2D eigenvalue weighted by Gasteiger charge is -2.40. The van der Waals surface area contributed by atoms with E-state index < -0.39 is 0 Å². The molecule has 2 aliphatic rings. The summed E-state index contributed by atoms with van der Waals surface area (Å²) in [6.07, 6.45) is 3.53. The minimum absolute atomic E-state index is 0.0150. The van der Waals surface area contributed by atoms with Gasteiger partial charge in [0.25, 0.3) is 5.91 Å². The predicted molar refractivity (Wildman–Crippen MR) is 107 cm³/mol. The van der Waals surface area contributed by atoms with Gasteiger partial charge in [-0.25, -0.2) is 0 Å². The van der Waals surface area contributed by atoms with Crippen molar-refractivity contribution in [1.29, 1.82) is 0 Å². The van der Waals surface area contributed by atoms with Crippen LogP contribution in [0.25, 0.3) is 11.1 Å². The van der Waals surface area contributed by atoms with Crippen LogP contribution in [0.15, 0.2) is 48.5 Å². The van der Waals surface area contributed by atoms with E-state index >= 15 is 0 Å². The van der Waals surface area contributed by atoms with Crippen molar-refractivity contribution in [2.75, 3.05) is 33.2 Å². The van der Waals surface area contributed by atoms with Crippen LogP contribution in [0, 0.1) is 5.41 Å². The Morgan fingerprint density at radius 3 is 2.52 bits per heavy atom. The number of hydrogen-bond acceptors (Lipinski definition) is 3. The van der Waals surface area contributed by atoms with E-state index in [1.165, 1.54) is 12.8 Å². The number of carbonyl (C=O) groups excluding carboxylic acids is 1. The van der Waals surface area contributed by atoms with Crippen molar-refractivity contribution in [2.24, 2.45) is 5.41 Å². The zero-order valence-corrected chi connectivity index (χ0v) is 16.0. The normalized spacial score (nSPS) is 23.1. The van der Waals surface area contributed by atoms with Crippen LogP contribution in [0.4, 0.5) is 0 Å². The molecule has 0 bridgehead atoms. The van der Waals surface area contributed by atoms with Gasteiger partial charge in [-0.2, -0.15) is 0 Å². The van der Waals surface area contributed by atoms with Crippen LogP contribution in [0.3, 0.4) is 0 Å². The van der Waals surface area contributed by atoms with Crippen LogP contribution in [0.1, 0.15) is 35.2 Å². The number of carbonyl (C=O) groups is 1. The average molecular weight is 364 g/mol. The first-order valence-electron chi connectivity index (χ1n) is 9.87. The highest BCUT2D eigenvalue weighted by Crippen LogP contribution is 2.38. The molecule has 0 unspecified atom stereocenters. The van der Waals surface area contributed by atoms with Crippen LogP contribution in [-0.4, -0.2) is 54.0 Å². The molecule has 2 aromatic rings. The summed E-state index contributed by atoms with van der Waals surface area (Å²) in [7, 11) is 2.18. The molecule has 1 spiro atoms. The highest BCUT2D eigenvalue weighted by atomic mass is 16.3. The number of piperidine rings is 1. The van der Waals surface area contributed by atoms with Crippen LogP contribution >= 0.6 is 0 Å². The monoisotopic (exact) mass is 364 g/mol. The zero-order valence-electron chi connectivity index (χ0n) is 16.0. The molecule has 1 atom stereocenters. The summed E-state index contributed by atoms with van der Waals surface area (Å²) in [5, 5.41) is 9.55. The number of hydrogen-bond donors (Lipinski definition) is 1. The zero-order chi connectivity index (χ0) is 18.9. The highest BCUT2D eigenvalue weighted by molar-refractivity contribution is 5.95. The lowest BCUT2D eigenvalue weighted by Crippen LogP contribution is -2.47. The van der Waals surface area contributed by atoms with Gasteiger partial charge in [-0.15, -0.1) is 0 Å². The Bertz CT molecular complexity index is 813. The van der Waals surface area contributed by atoms with Crippen molar-refractivity contribution in [3.05, 3.63) is 59.7 Å². The van der Waals surface area contributed by atoms with Gasteiger partial charge in [0.15, 0.2) is 0 Å². The molecule has 1 amide bonds. The minimum atomic E-state index is 0.0150. The van der Waals surface area contributed by atoms with Gasteiger partial charge in [-0.05, 0) is 61.7 Å². The fourth-order valence-electron chi connectivity index (χ4n) is 4.79. The number of likely N-dealkylation sites (tertiary alicyclic amines) is 2. The van der Waals surface area contributed by atoms with Crippen molar-refractivity contribution in [3.63, 3.8) is 0 Å². The highest BCUT2D eigenvalue weighted by Gasteiger charge is 2.41. The fraction of sp³-hybridized carbons (Fsp3) is 0.435. The second-order valence-corrected chi connectivity index (χ2v) is 8.21. The maximum Gasteiger partial charge on any atom is 0.253 e. The Morgan fingerprint density at radius 2 is 1.81 bits per heavy atom. The third-order valence-corrected chi connectivity index (χ3v) is 6.21. The molecule has 2 heterocycles. The molecule has 0 radical (unpaired) electrons. The van der Waals surface area contributed by atoms with Gasteiger partial charge in [0.1, 0.15) is 0 Å². The molecule has 4 heteroatoms. The van der Waals surface area contributed by atoms with Gasteiger partial charge in [0.2, 0.25) is 0 Å². The van der Waals surface area contributed by atoms with E-state index in [-0.39, 0.29) is 12.5 Å². The molecule has 2 fully saturated rings. The predicted octanol–water partition coefficient (Wildman–Crippen LogP) is 3.40. The first kappa shape index (κ1) is 18.2. The largest absolute Gasteiger partial charge is 0.392 e. The molecule has 2 aliphatic heterocycles. The summed E-state index contributed by atoms with van der Waals surface area (Å²) < 4.78 is 0. The third kappa shape index (κ3) is 3.64. The minimum Gasteiger partial charge on any atom is -0.392 e. The van der Waals surface area contributed by atoms with Crippen molar-refractivity contribution >= 4 is 5.91 Å². The number of benzene rings is 2. The van der Waals surface area contributed by atoms with E-state index in [9.17, 15) is 9.90 Å². The number of amides is 1. The van der Waals surface area contributed by atoms with Crippen molar-refractivity contribution < 1.29 is 9.90 Å². The van der Waals surface area contributed by atoms with Gasteiger partial charge in [0, 0.05) is 30.6 Å². The molecular formula is C23H28N2O2. The van der Waals surface area contributed by atoms with Gasteiger partial charge in [-0.1, -0.05) is 36.4 Å². The molecule has 4 rings (SSSR count). The van der Waals surface area contributed by atoms with Crippen LogP contribution in [0.5, 0.6) is 0 Å². The molecule has 4 nitrogen and oxygen atoms in total. The standard InChI is InChI=1S/C23H28N2O2/c1-24-14-12-23(16-24)11-4-13-25(17-23)22(27)19-9-7-18(8-10-19)21-6-3-2-5-20(21)15-26/h2-3,5-10,26H,4,11-17H2,1H3/t23-/m0/s1. The van der Waals surface area contributed by atoms with Crippen LogP contribution in [0.2, 0.25) is 0 Å². The average Bonchev–Trinajstić information content (AvgIpc) is 3.07. The molecule has 2 saturated heterocycles. The Balaban J connectivity index is 1.51.